The molecule has 2 rings (SSSR count). The third-order valence-electron chi connectivity index (χ3n) is 3.83. The van der Waals surface area contributed by atoms with E-state index in [1.54, 1.807) is 30.2 Å². The van der Waals surface area contributed by atoms with E-state index in [-0.39, 0.29) is 11.9 Å². The van der Waals surface area contributed by atoms with Gasteiger partial charge in [-0.15, -0.1) is 0 Å². The third kappa shape index (κ3) is 3.82. The number of methoxy groups -OCH3 is 1. The summed E-state index contributed by atoms with van der Waals surface area (Å²) in [6, 6.07) is 4.89. The van der Waals surface area contributed by atoms with E-state index in [4.69, 9.17) is 15.2 Å². The Labute approximate surface area is 136 Å². The van der Waals surface area contributed by atoms with E-state index in [2.05, 4.69) is 0 Å². The van der Waals surface area contributed by atoms with Crippen LogP contribution in [0, 0.1) is 5.41 Å². The number of carbonyl (C=O) groups is 2. The summed E-state index contributed by atoms with van der Waals surface area (Å²) in [4.78, 5) is 25.9. The van der Waals surface area contributed by atoms with Gasteiger partial charge in [-0.3, -0.25) is 9.59 Å². The second-order valence-electron chi connectivity index (χ2n) is 6.79. The minimum absolute atomic E-state index is 0.0370. The number of hydrogen-bond acceptors (Lipinski definition) is 4. The molecule has 0 aromatic heterocycles. The molecule has 0 aliphatic carbocycles. The Morgan fingerprint density at radius 3 is 2.65 bits per heavy atom. The van der Waals surface area contributed by atoms with Crippen LogP contribution < -0.4 is 10.5 Å². The van der Waals surface area contributed by atoms with Crippen LogP contribution in [0.15, 0.2) is 18.2 Å². The van der Waals surface area contributed by atoms with Gasteiger partial charge in [0.25, 0.3) is 0 Å². The highest BCUT2D eigenvalue weighted by Gasteiger charge is 2.34. The first-order valence-electron chi connectivity index (χ1n) is 7.59. The lowest BCUT2D eigenvalue weighted by molar-refractivity contribution is -0.144. The summed E-state index contributed by atoms with van der Waals surface area (Å²) in [6.45, 7) is 6.79. The molecule has 1 atom stereocenters. The maximum Gasteiger partial charge on any atom is 0.248 e. The van der Waals surface area contributed by atoms with Crippen molar-refractivity contribution in [1.82, 2.24) is 4.90 Å². The van der Waals surface area contributed by atoms with E-state index in [9.17, 15) is 9.59 Å². The fourth-order valence-corrected chi connectivity index (χ4v) is 2.56. The van der Waals surface area contributed by atoms with E-state index in [1.165, 1.54) is 0 Å². The zero-order chi connectivity index (χ0) is 17.2. The van der Waals surface area contributed by atoms with Crippen molar-refractivity contribution in [1.29, 1.82) is 0 Å². The van der Waals surface area contributed by atoms with E-state index in [0.29, 0.717) is 31.1 Å². The van der Waals surface area contributed by atoms with Crippen LogP contribution in [-0.4, -0.2) is 43.1 Å². The van der Waals surface area contributed by atoms with Crippen molar-refractivity contribution in [2.45, 2.75) is 33.4 Å². The van der Waals surface area contributed by atoms with Crippen molar-refractivity contribution in [3.05, 3.63) is 29.3 Å². The monoisotopic (exact) mass is 320 g/mol. The Morgan fingerprint density at radius 2 is 2.09 bits per heavy atom. The highest BCUT2D eigenvalue weighted by molar-refractivity contribution is 5.93. The summed E-state index contributed by atoms with van der Waals surface area (Å²) in [6.07, 6.45) is 0. The highest BCUT2D eigenvalue weighted by atomic mass is 16.5. The Bertz CT molecular complexity index is 607. The van der Waals surface area contributed by atoms with Gasteiger partial charge in [0.15, 0.2) is 0 Å². The quantitative estimate of drug-likeness (QED) is 0.916. The number of ether oxygens (including phenoxy) is 2. The molecule has 1 heterocycles. The molecule has 1 aromatic carbocycles. The van der Waals surface area contributed by atoms with Crippen LogP contribution >= 0.6 is 0 Å². The lowest BCUT2D eigenvalue weighted by Crippen LogP contribution is -2.48. The number of benzene rings is 1. The second-order valence-corrected chi connectivity index (χ2v) is 6.79. The Kier molecular flexibility index (Phi) is 4.94. The molecule has 1 aliphatic heterocycles. The highest BCUT2D eigenvalue weighted by Crippen LogP contribution is 2.29. The summed E-state index contributed by atoms with van der Waals surface area (Å²) >= 11 is 0. The maximum absolute atomic E-state index is 12.8. The minimum atomic E-state index is -0.503. The van der Waals surface area contributed by atoms with E-state index >= 15 is 0 Å². The molecule has 0 spiro atoms. The molecule has 23 heavy (non-hydrogen) atoms. The Morgan fingerprint density at radius 1 is 1.39 bits per heavy atom. The number of hydrogen-bond donors (Lipinski definition) is 1. The van der Waals surface area contributed by atoms with Crippen LogP contribution in [0.5, 0.6) is 5.75 Å². The predicted octanol–water partition coefficient (Wildman–Crippen LogP) is 1.57. The normalized spacial score (nSPS) is 17.9. The zero-order valence-electron chi connectivity index (χ0n) is 14.1. The van der Waals surface area contributed by atoms with Gasteiger partial charge in [0.2, 0.25) is 11.8 Å². The van der Waals surface area contributed by atoms with Gasteiger partial charge in [-0.05, 0) is 12.1 Å². The van der Waals surface area contributed by atoms with Crippen molar-refractivity contribution in [2.75, 3.05) is 20.3 Å². The number of primary amides is 1. The molecule has 0 bridgehead atoms. The fraction of sp³-hybridized carbons (Fsp3) is 0.529. The van der Waals surface area contributed by atoms with Crippen molar-refractivity contribution in [3.8, 4) is 5.75 Å². The van der Waals surface area contributed by atoms with Crippen molar-refractivity contribution in [3.63, 3.8) is 0 Å². The number of nitrogens with two attached hydrogens (primary N) is 1. The van der Waals surface area contributed by atoms with Gasteiger partial charge in [-0.2, -0.15) is 0 Å². The molecule has 1 aliphatic rings. The van der Waals surface area contributed by atoms with Gasteiger partial charge in [-0.25, -0.2) is 0 Å². The van der Waals surface area contributed by atoms with Gasteiger partial charge in [0.05, 0.1) is 12.6 Å². The number of carbonyl (C=O) groups excluding carboxylic acids is 2. The summed E-state index contributed by atoms with van der Waals surface area (Å²) < 4.78 is 11.1. The molecular weight excluding hydrogens is 296 g/mol. The van der Waals surface area contributed by atoms with Crippen LogP contribution in [0.4, 0.5) is 0 Å². The largest absolute Gasteiger partial charge is 0.491 e. The standard InChI is InChI=1S/C17H24N2O4/c1-17(2,3)16(21)19-8-12-6-5-11(15(18)20)7-14(12)23-10-13(19)9-22-4/h5-7,13H,8-10H2,1-4H3,(H2,18,20)/t13-/m0/s1. The SMILES string of the molecule is COC[C@H]1COc2cc(C(N)=O)ccc2CN1C(=O)C(C)(C)C. The predicted molar refractivity (Wildman–Crippen MR) is 86.1 cm³/mol. The first kappa shape index (κ1) is 17.3. The molecule has 0 unspecified atom stereocenters. The number of nitrogens with zero attached hydrogens (tertiary/aromatic N) is 1. The van der Waals surface area contributed by atoms with Gasteiger partial charge in [0, 0.05) is 30.2 Å². The molecule has 0 radical (unpaired) electrons. The summed E-state index contributed by atoms with van der Waals surface area (Å²) in [7, 11) is 1.60. The first-order valence-corrected chi connectivity index (χ1v) is 7.59. The maximum atomic E-state index is 12.8. The molecule has 126 valence electrons. The van der Waals surface area contributed by atoms with Crippen LogP contribution in [-0.2, 0) is 16.1 Å². The van der Waals surface area contributed by atoms with E-state index in [1.807, 2.05) is 20.8 Å². The molecule has 6 heteroatoms. The van der Waals surface area contributed by atoms with Gasteiger partial charge in [0.1, 0.15) is 12.4 Å². The molecule has 2 N–H and O–H groups in total. The summed E-state index contributed by atoms with van der Waals surface area (Å²) in [5, 5.41) is 0. The molecule has 1 aromatic rings. The van der Waals surface area contributed by atoms with Crippen molar-refractivity contribution in [2.24, 2.45) is 11.1 Å². The fourth-order valence-electron chi connectivity index (χ4n) is 2.56. The smallest absolute Gasteiger partial charge is 0.248 e. The van der Waals surface area contributed by atoms with Crippen LogP contribution in [0.3, 0.4) is 0 Å². The lowest BCUT2D eigenvalue weighted by Gasteiger charge is -2.33. The molecule has 0 saturated carbocycles. The molecule has 6 nitrogen and oxygen atoms in total. The molecule has 0 fully saturated rings. The Hall–Kier alpha value is -2.08. The number of rotatable bonds is 3. The van der Waals surface area contributed by atoms with E-state index < -0.39 is 11.3 Å². The molecule has 2 amide bonds. The molecule has 0 saturated heterocycles. The average Bonchev–Trinajstić information content (AvgIpc) is 2.65. The molecular formula is C17H24N2O4. The Balaban J connectivity index is 2.37. The zero-order valence-corrected chi connectivity index (χ0v) is 14.1. The summed E-state index contributed by atoms with van der Waals surface area (Å²) in [5.41, 5.74) is 6.06. The lowest BCUT2D eigenvalue weighted by atomic mass is 9.93. The van der Waals surface area contributed by atoms with Crippen molar-refractivity contribution >= 4 is 11.8 Å². The van der Waals surface area contributed by atoms with Crippen LogP contribution in [0.25, 0.3) is 0 Å². The number of amides is 2. The van der Waals surface area contributed by atoms with Gasteiger partial charge in [-0.1, -0.05) is 26.8 Å². The topological polar surface area (TPSA) is 81.9 Å². The minimum Gasteiger partial charge on any atom is -0.491 e. The second kappa shape index (κ2) is 6.58. The van der Waals surface area contributed by atoms with Crippen LogP contribution in [0.1, 0.15) is 36.7 Å². The van der Waals surface area contributed by atoms with E-state index in [0.717, 1.165) is 5.56 Å². The van der Waals surface area contributed by atoms with Crippen molar-refractivity contribution < 1.29 is 19.1 Å². The van der Waals surface area contributed by atoms with Gasteiger partial charge < -0.3 is 20.1 Å². The third-order valence-corrected chi connectivity index (χ3v) is 3.83. The van der Waals surface area contributed by atoms with Gasteiger partial charge >= 0.3 is 0 Å². The number of fused-ring (bicyclic) bond motifs is 1. The first-order chi connectivity index (χ1) is 10.7. The average molecular weight is 320 g/mol. The van der Waals surface area contributed by atoms with Crippen LogP contribution in [0.2, 0.25) is 0 Å². The summed E-state index contributed by atoms with van der Waals surface area (Å²) in [5.74, 6) is 0.123.